The maximum atomic E-state index is 11.5. The van der Waals surface area contributed by atoms with Gasteiger partial charge in [0.15, 0.2) is 0 Å². The Morgan fingerprint density at radius 3 is 2.40 bits per heavy atom. The Labute approximate surface area is 90.5 Å². The molecule has 82 valence electrons. The first-order chi connectivity index (χ1) is 7.06. The van der Waals surface area contributed by atoms with Crippen molar-refractivity contribution >= 4 is 10.1 Å². The number of benzene rings is 1. The molecule has 0 aliphatic heterocycles. The first-order valence-electron chi connectivity index (χ1n) is 4.71. The van der Waals surface area contributed by atoms with Gasteiger partial charge in [-0.3, -0.25) is 0 Å². The van der Waals surface area contributed by atoms with Gasteiger partial charge in [0.1, 0.15) is 11.2 Å². The first kappa shape index (κ1) is 11.8. The topological polar surface area (TPSA) is 43.4 Å². The molecule has 1 aromatic carbocycles. The van der Waals surface area contributed by atoms with Crippen molar-refractivity contribution in [1.29, 1.82) is 0 Å². The lowest BCUT2D eigenvalue weighted by Gasteiger charge is -2.02. The molecule has 0 radical (unpaired) electrons. The molecule has 0 N–H and O–H groups in total. The normalized spacial score (nSPS) is 11.9. The summed E-state index contributed by atoms with van der Waals surface area (Å²) in [6.45, 7) is 3.80. The van der Waals surface area contributed by atoms with Crippen LogP contribution >= 0.6 is 0 Å². The predicted molar refractivity (Wildman–Crippen MR) is 58.9 cm³/mol. The van der Waals surface area contributed by atoms with Crippen LogP contribution in [0.1, 0.15) is 18.9 Å². The Hall–Kier alpha value is -1.29. The van der Waals surface area contributed by atoms with Crippen LogP contribution < -0.4 is 0 Å². The molecule has 0 aliphatic rings. The standard InChI is InChI=1S/C11H14O3S/c1-3-4-9-14-15(12,13)11-7-5-10(2)6-8-11/h4-9H,3H2,1-2H3. The van der Waals surface area contributed by atoms with Crippen LogP contribution in [-0.4, -0.2) is 8.42 Å². The van der Waals surface area contributed by atoms with Crippen molar-refractivity contribution in [3.63, 3.8) is 0 Å². The lowest BCUT2D eigenvalue weighted by Crippen LogP contribution is -2.01. The van der Waals surface area contributed by atoms with E-state index in [9.17, 15) is 8.42 Å². The van der Waals surface area contributed by atoms with Gasteiger partial charge in [-0.15, -0.1) is 0 Å². The van der Waals surface area contributed by atoms with Gasteiger partial charge in [0.2, 0.25) is 0 Å². The van der Waals surface area contributed by atoms with Gasteiger partial charge in [0.25, 0.3) is 0 Å². The van der Waals surface area contributed by atoms with E-state index < -0.39 is 10.1 Å². The minimum Gasteiger partial charge on any atom is -0.387 e. The van der Waals surface area contributed by atoms with Crippen molar-refractivity contribution in [2.45, 2.75) is 25.2 Å². The minimum atomic E-state index is -3.64. The third kappa shape index (κ3) is 3.40. The average Bonchev–Trinajstić information content (AvgIpc) is 2.18. The average molecular weight is 226 g/mol. The quantitative estimate of drug-likeness (QED) is 0.585. The highest BCUT2D eigenvalue weighted by atomic mass is 32.2. The number of rotatable bonds is 4. The van der Waals surface area contributed by atoms with Crippen molar-refractivity contribution in [3.8, 4) is 0 Å². The lowest BCUT2D eigenvalue weighted by atomic mass is 10.2. The zero-order valence-corrected chi connectivity index (χ0v) is 9.62. The van der Waals surface area contributed by atoms with E-state index in [2.05, 4.69) is 4.18 Å². The predicted octanol–water partition coefficient (Wildman–Crippen LogP) is 2.62. The fourth-order valence-electron chi connectivity index (χ4n) is 0.969. The summed E-state index contributed by atoms with van der Waals surface area (Å²) in [7, 11) is -3.64. The fourth-order valence-corrected chi connectivity index (χ4v) is 1.77. The highest BCUT2D eigenvalue weighted by molar-refractivity contribution is 7.86. The monoisotopic (exact) mass is 226 g/mol. The Kier molecular flexibility index (Phi) is 3.91. The number of aryl methyl sites for hydroxylation is 1. The Bertz CT molecular complexity index is 429. The second-order valence-electron chi connectivity index (χ2n) is 3.14. The summed E-state index contributed by atoms with van der Waals surface area (Å²) >= 11 is 0. The van der Waals surface area contributed by atoms with Gasteiger partial charge in [-0.05, 0) is 31.6 Å². The van der Waals surface area contributed by atoms with Crippen LogP contribution in [0.25, 0.3) is 0 Å². The van der Waals surface area contributed by atoms with E-state index >= 15 is 0 Å². The van der Waals surface area contributed by atoms with Crippen LogP contribution in [0, 0.1) is 6.92 Å². The highest BCUT2D eigenvalue weighted by Crippen LogP contribution is 2.13. The van der Waals surface area contributed by atoms with E-state index in [1.54, 1.807) is 18.2 Å². The molecule has 0 aliphatic carbocycles. The zero-order valence-electron chi connectivity index (χ0n) is 8.80. The van der Waals surface area contributed by atoms with Gasteiger partial charge in [-0.2, -0.15) is 8.42 Å². The smallest absolute Gasteiger partial charge is 0.338 e. The Balaban J connectivity index is 2.87. The van der Waals surface area contributed by atoms with Crippen molar-refractivity contribution in [1.82, 2.24) is 0 Å². The van der Waals surface area contributed by atoms with Gasteiger partial charge in [0, 0.05) is 0 Å². The molecule has 15 heavy (non-hydrogen) atoms. The Morgan fingerprint density at radius 2 is 1.87 bits per heavy atom. The molecule has 0 bridgehead atoms. The molecule has 1 aromatic rings. The highest BCUT2D eigenvalue weighted by Gasteiger charge is 2.12. The second kappa shape index (κ2) is 4.98. The number of hydrogen-bond donors (Lipinski definition) is 0. The van der Waals surface area contributed by atoms with E-state index in [-0.39, 0.29) is 4.90 Å². The SMILES string of the molecule is CCC=COS(=O)(=O)c1ccc(C)cc1. The fraction of sp³-hybridized carbons (Fsp3) is 0.273. The van der Waals surface area contributed by atoms with E-state index in [1.165, 1.54) is 18.4 Å². The first-order valence-corrected chi connectivity index (χ1v) is 6.12. The van der Waals surface area contributed by atoms with Crippen molar-refractivity contribution in [3.05, 3.63) is 42.2 Å². The summed E-state index contributed by atoms with van der Waals surface area (Å²) < 4.78 is 27.8. The van der Waals surface area contributed by atoms with Crippen LogP contribution in [0.4, 0.5) is 0 Å². The summed E-state index contributed by atoms with van der Waals surface area (Å²) in [5, 5.41) is 0. The van der Waals surface area contributed by atoms with Gasteiger partial charge in [0.05, 0.1) is 0 Å². The van der Waals surface area contributed by atoms with Crippen molar-refractivity contribution < 1.29 is 12.6 Å². The zero-order chi connectivity index (χ0) is 11.3. The van der Waals surface area contributed by atoms with Crippen LogP contribution in [0.15, 0.2) is 41.5 Å². The van der Waals surface area contributed by atoms with E-state index in [4.69, 9.17) is 0 Å². The molecule has 0 atom stereocenters. The maximum absolute atomic E-state index is 11.5. The van der Waals surface area contributed by atoms with Crippen LogP contribution in [0.5, 0.6) is 0 Å². The third-order valence-electron chi connectivity index (χ3n) is 1.82. The summed E-state index contributed by atoms with van der Waals surface area (Å²) in [5.74, 6) is 0. The Morgan fingerprint density at radius 1 is 1.27 bits per heavy atom. The van der Waals surface area contributed by atoms with Crippen LogP contribution in [-0.2, 0) is 14.3 Å². The summed E-state index contributed by atoms with van der Waals surface area (Å²) in [5.41, 5.74) is 1.01. The van der Waals surface area contributed by atoms with E-state index in [1.807, 2.05) is 13.8 Å². The van der Waals surface area contributed by atoms with E-state index in [0.717, 1.165) is 12.0 Å². The van der Waals surface area contributed by atoms with E-state index in [0.29, 0.717) is 0 Å². The van der Waals surface area contributed by atoms with Crippen LogP contribution in [0.2, 0.25) is 0 Å². The van der Waals surface area contributed by atoms with Gasteiger partial charge in [-0.25, -0.2) is 0 Å². The number of hydrogen-bond acceptors (Lipinski definition) is 3. The maximum Gasteiger partial charge on any atom is 0.338 e. The molecular weight excluding hydrogens is 212 g/mol. The minimum absolute atomic E-state index is 0.175. The molecule has 4 heteroatoms. The lowest BCUT2D eigenvalue weighted by molar-refractivity contribution is 0.442. The van der Waals surface area contributed by atoms with Gasteiger partial charge in [-0.1, -0.05) is 24.6 Å². The van der Waals surface area contributed by atoms with Crippen molar-refractivity contribution in [2.75, 3.05) is 0 Å². The molecule has 0 unspecified atom stereocenters. The van der Waals surface area contributed by atoms with Crippen molar-refractivity contribution in [2.24, 2.45) is 0 Å². The molecule has 3 nitrogen and oxygen atoms in total. The second-order valence-corrected chi connectivity index (χ2v) is 4.72. The summed E-state index contributed by atoms with van der Waals surface area (Å²) in [6, 6.07) is 6.54. The largest absolute Gasteiger partial charge is 0.387 e. The molecule has 0 saturated heterocycles. The summed E-state index contributed by atoms with van der Waals surface area (Å²) in [4.78, 5) is 0.175. The molecule has 0 fully saturated rings. The van der Waals surface area contributed by atoms with Gasteiger partial charge < -0.3 is 4.18 Å². The summed E-state index contributed by atoms with van der Waals surface area (Å²) in [6.07, 6.45) is 3.59. The number of allylic oxidation sites excluding steroid dienone is 1. The molecule has 0 amide bonds. The molecule has 0 spiro atoms. The molecule has 0 aromatic heterocycles. The third-order valence-corrected chi connectivity index (χ3v) is 3.04. The molecule has 0 heterocycles. The molecule has 0 saturated carbocycles. The van der Waals surface area contributed by atoms with Crippen LogP contribution in [0.3, 0.4) is 0 Å². The van der Waals surface area contributed by atoms with Gasteiger partial charge >= 0.3 is 10.1 Å². The molecular formula is C11H14O3S. The molecule has 1 rings (SSSR count).